The third-order valence-electron chi connectivity index (χ3n) is 2.05. The van der Waals surface area contributed by atoms with Crippen molar-refractivity contribution in [1.29, 1.82) is 0 Å². The van der Waals surface area contributed by atoms with Gasteiger partial charge in [-0.2, -0.15) is 0 Å². The van der Waals surface area contributed by atoms with Gasteiger partial charge < -0.3 is 5.11 Å². The first-order valence-corrected chi connectivity index (χ1v) is 6.29. The zero-order valence-corrected chi connectivity index (χ0v) is 9.40. The molecule has 1 N–H and O–H groups in total. The minimum atomic E-state index is -3.33. The van der Waals surface area contributed by atoms with Crippen molar-refractivity contribution in [2.45, 2.75) is 11.3 Å². The summed E-state index contributed by atoms with van der Waals surface area (Å²) in [5.41, 5.74) is 0.0719. The molecule has 0 aliphatic rings. The molecule has 1 aromatic rings. The summed E-state index contributed by atoms with van der Waals surface area (Å²) >= 11 is 0. The molecule has 86 valence electrons. The summed E-state index contributed by atoms with van der Waals surface area (Å²) in [7, 11) is -3.33. The molecule has 0 atom stereocenters. The molecule has 1 aromatic carbocycles. The second-order valence-corrected chi connectivity index (χ2v) is 5.33. The molecule has 1 rings (SSSR count). The van der Waals surface area contributed by atoms with E-state index in [1.807, 2.05) is 0 Å². The lowest BCUT2D eigenvalue weighted by Gasteiger charge is -2.02. The standard InChI is InChI=1S/C11H12O4S/c1-2-3-8-16(14,15)10-6-4-9(5-7-10)11(12)13/h2,4-7H,1,3,8H2,(H,12,13). The van der Waals surface area contributed by atoms with E-state index in [4.69, 9.17) is 5.11 Å². The molecule has 0 aromatic heterocycles. The largest absolute Gasteiger partial charge is 0.478 e. The zero-order valence-electron chi connectivity index (χ0n) is 8.59. The van der Waals surface area contributed by atoms with Crippen LogP contribution in [0.2, 0.25) is 0 Å². The summed E-state index contributed by atoms with van der Waals surface area (Å²) in [6.45, 7) is 3.45. The Labute approximate surface area is 94.1 Å². The van der Waals surface area contributed by atoms with Crippen LogP contribution < -0.4 is 0 Å². The fourth-order valence-electron chi connectivity index (χ4n) is 1.16. The van der Waals surface area contributed by atoms with E-state index in [-0.39, 0.29) is 16.2 Å². The summed E-state index contributed by atoms with van der Waals surface area (Å²) in [5, 5.41) is 8.66. The van der Waals surface area contributed by atoms with Gasteiger partial charge in [-0.25, -0.2) is 13.2 Å². The topological polar surface area (TPSA) is 71.4 Å². The number of allylic oxidation sites excluding steroid dienone is 1. The maximum absolute atomic E-state index is 11.7. The third-order valence-corrected chi connectivity index (χ3v) is 3.81. The molecule has 0 aliphatic heterocycles. The molecule has 0 spiro atoms. The number of carboxylic acid groups (broad SMARTS) is 1. The number of hydrogen-bond donors (Lipinski definition) is 1. The molecule has 4 nitrogen and oxygen atoms in total. The van der Waals surface area contributed by atoms with Gasteiger partial charge in [0, 0.05) is 0 Å². The minimum absolute atomic E-state index is 0.0110. The lowest BCUT2D eigenvalue weighted by molar-refractivity contribution is 0.0697. The fraction of sp³-hybridized carbons (Fsp3) is 0.182. The van der Waals surface area contributed by atoms with E-state index in [2.05, 4.69) is 6.58 Å². The van der Waals surface area contributed by atoms with Gasteiger partial charge in [0.2, 0.25) is 0 Å². The Bertz CT molecular complexity index is 485. The third kappa shape index (κ3) is 2.93. The average molecular weight is 240 g/mol. The Kier molecular flexibility index (Phi) is 3.84. The second-order valence-electron chi connectivity index (χ2n) is 3.23. The molecule has 5 heteroatoms. The van der Waals surface area contributed by atoms with Crippen molar-refractivity contribution in [2.24, 2.45) is 0 Å². The van der Waals surface area contributed by atoms with Gasteiger partial charge >= 0.3 is 5.97 Å². The lowest BCUT2D eigenvalue weighted by atomic mass is 10.2. The molecule has 0 unspecified atom stereocenters. The van der Waals surface area contributed by atoms with Crippen molar-refractivity contribution in [3.05, 3.63) is 42.5 Å². The van der Waals surface area contributed by atoms with Gasteiger partial charge in [0.05, 0.1) is 16.2 Å². The molecular weight excluding hydrogens is 228 g/mol. The molecular formula is C11H12O4S. The molecule has 0 saturated carbocycles. The molecule has 0 bridgehead atoms. The molecule has 0 amide bonds. The van der Waals surface area contributed by atoms with E-state index in [1.165, 1.54) is 30.3 Å². The van der Waals surface area contributed by atoms with E-state index in [0.717, 1.165) is 0 Å². The molecule has 0 fully saturated rings. The highest BCUT2D eigenvalue weighted by molar-refractivity contribution is 7.91. The Hall–Kier alpha value is -1.62. The van der Waals surface area contributed by atoms with Crippen molar-refractivity contribution in [3.63, 3.8) is 0 Å². The van der Waals surface area contributed by atoms with E-state index < -0.39 is 15.8 Å². The van der Waals surface area contributed by atoms with Crippen LogP contribution in [-0.4, -0.2) is 25.2 Å². The van der Waals surface area contributed by atoms with Crippen LogP contribution in [0.1, 0.15) is 16.8 Å². The van der Waals surface area contributed by atoms with Crippen LogP contribution in [0.3, 0.4) is 0 Å². The normalized spacial score (nSPS) is 11.0. The van der Waals surface area contributed by atoms with E-state index in [0.29, 0.717) is 6.42 Å². The first kappa shape index (κ1) is 12.4. The molecule has 0 saturated heterocycles. The highest BCUT2D eigenvalue weighted by Crippen LogP contribution is 2.13. The maximum Gasteiger partial charge on any atom is 0.335 e. The Balaban J connectivity index is 2.97. The highest BCUT2D eigenvalue weighted by Gasteiger charge is 2.13. The number of rotatable bonds is 5. The number of benzene rings is 1. The SMILES string of the molecule is C=CCCS(=O)(=O)c1ccc(C(=O)O)cc1. The van der Waals surface area contributed by atoms with Gasteiger partial charge in [0.15, 0.2) is 9.84 Å². The van der Waals surface area contributed by atoms with Crippen molar-refractivity contribution in [1.82, 2.24) is 0 Å². The average Bonchev–Trinajstić information content (AvgIpc) is 2.26. The molecule has 0 aliphatic carbocycles. The van der Waals surface area contributed by atoms with E-state index >= 15 is 0 Å². The zero-order chi connectivity index (χ0) is 12.2. The number of carboxylic acids is 1. The monoisotopic (exact) mass is 240 g/mol. The Morgan fingerprint density at radius 3 is 2.31 bits per heavy atom. The summed E-state index contributed by atoms with van der Waals surface area (Å²) in [4.78, 5) is 10.7. The molecule has 0 radical (unpaired) electrons. The number of sulfone groups is 1. The van der Waals surface area contributed by atoms with Crippen LogP contribution >= 0.6 is 0 Å². The van der Waals surface area contributed by atoms with Gasteiger partial charge in [-0.1, -0.05) is 6.08 Å². The highest BCUT2D eigenvalue weighted by atomic mass is 32.2. The van der Waals surface area contributed by atoms with Crippen molar-refractivity contribution in [2.75, 3.05) is 5.75 Å². The van der Waals surface area contributed by atoms with Crippen molar-refractivity contribution in [3.8, 4) is 0 Å². The first-order chi connectivity index (χ1) is 7.47. The smallest absolute Gasteiger partial charge is 0.335 e. The quantitative estimate of drug-likeness (QED) is 0.796. The van der Waals surface area contributed by atoms with Crippen molar-refractivity contribution < 1.29 is 18.3 Å². The van der Waals surface area contributed by atoms with Crippen LogP contribution in [0.15, 0.2) is 41.8 Å². The lowest BCUT2D eigenvalue weighted by Crippen LogP contribution is -2.06. The van der Waals surface area contributed by atoms with Gasteiger partial charge in [-0.3, -0.25) is 0 Å². The summed E-state index contributed by atoms with van der Waals surface area (Å²) in [6.07, 6.45) is 1.91. The van der Waals surface area contributed by atoms with Gasteiger partial charge in [-0.05, 0) is 30.7 Å². The Morgan fingerprint density at radius 2 is 1.88 bits per heavy atom. The van der Waals surface area contributed by atoms with Crippen LogP contribution in [0, 0.1) is 0 Å². The van der Waals surface area contributed by atoms with E-state index in [9.17, 15) is 13.2 Å². The maximum atomic E-state index is 11.7. The van der Waals surface area contributed by atoms with Crippen molar-refractivity contribution >= 4 is 15.8 Å². The predicted molar refractivity (Wildman–Crippen MR) is 60.3 cm³/mol. The van der Waals surface area contributed by atoms with Crippen LogP contribution in [-0.2, 0) is 9.84 Å². The fourth-order valence-corrected chi connectivity index (χ4v) is 2.42. The second kappa shape index (κ2) is 4.94. The summed E-state index contributed by atoms with van der Waals surface area (Å²) < 4.78 is 23.4. The minimum Gasteiger partial charge on any atom is -0.478 e. The van der Waals surface area contributed by atoms with Gasteiger partial charge in [-0.15, -0.1) is 6.58 Å². The van der Waals surface area contributed by atoms with E-state index in [1.54, 1.807) is 0 Å². The van der Waals surface area contributed by atoms with Gasteiger partial charge in [0.1, 0.15) is 0 Å². The number of aromatic carboxylic acids is 1. The number of carbonyl (C=O) groups is 1. The first-order valence-electron chi connectivity index (χ1n) is 4.64. The van der Waals surface area contributed by atoms with Crippen LogP contribution in [0.5, 0.6) is 0 Å². The summed E-state index contributed by atoms with van der Waals surface area (Å²) in [5.74, 6) is -1.09. The molecule has 0 heterocycles. The Morgan fingerprint density at radius 1 is 1.31 bits per heavy atom. The van der Waals surface area contributed by atoms with Crippen LogP contribution in [0.4, 0.5) is 0 Å². The summed E-state index contributed by atoms with van der Waals surface area (Å²) in [6, 6.07) is 5.18. The predicted octanol–water partition coefficient (Wildman–Crippen LogP) is 1.73. The number of hydrogen-bond acceptors (Lipinski definition) is 3. The molecule has 16 heavy (non-hydrogen) atoms. The van der Waals surface area contributed by atoms with Crippen LogP contribution in [0.25, 0.3) is 0 Å². The van der Waals surface area contributed by atoms with Gasteiger partial charge in [0.25, 0.3) is 0 Å².